The van der Waals surface area contributed by atoms with E-state index in [2.05, 4.69) is 47.8 Å². The van der Waals surface area contributed by atoms with Crippen LogP contribution in [0.1, 0.15) is 0 Å². The molecule has 0 unspecified atom stereocenters. The number of guanidine groups is 1. The zero-order valence-corrected chi connectivity index (χ0v) is 15.3. The summed E-state index contributed by atoms with van der Waals surface area (Å²) in [5, 5.41) is 3.53. The van der Waals surface area contributed by atoms with Gasteiger partial charge in [-0.15, -0.1) is 0 Å². The maximum atomic E-state index is 4.47. The number of piperazine rings is 1. The summed E-state index contributed by atoms with van der Waals surface area (Å²) in [4.78, 5) is 16.1. The van der Waals surface area contributed by atoms with Gasteiger partial charge in [0.2, 0.25) is 0 Å². The predicted octanol–water partition coefficient (Wildman–Crippen LogP) is 0.828. The van der Waals surface area contributed by atoms with Crippen molar-refractivity contribution < 1.29 is 0 Å². The number of hydrogen-bond donors (Lipinski definition) is 1. The second-order valence-corrected chi connectivity index (χ2v) is 7.31. The Hall–Kier alpha value is -1.47. The molecule has 24 heavy (non-hydrogen) atoms. The third-order valence-corrected chi connectivity index (χ3v) is 5.52. The lowest BCUT2D eigenvalue weighted by Gasteiger charge is -2.37. The first-order chi connectivity index (χ1) is 11.9. The van der Waals surface area contributed by atoms with Gasteiger partial charge in [-0.3, -0.25) is 9.89 Å². The first-order valence-corrected chi connectivity index (χ1v) is 9.94. The lowest BCUT2D eigenvalue weighted by Crippen LogP contribution is -2.53. The fraction of sp³-hybridized carbons (Fsp3) is 0.647. The lowest BCUT2D eigenvalue weighted by atomic mass is 10.3. The third-order valence-electron chi connectivity index (χ3n) is 4.58. The van der Waals surface area contributed by atoms with E-state index in [1.807, 2.05) is 25.4 Å². The summed E-state index contributed by atoms with van der Waals surface area (Å²) in [5.41, 5.74) is 0. The Labute approximate surface area is 149 Å². The van der Waals surface area contributed by atoms with Crippen molar-refractivity contribution in [1.82, 2.24) is 20.1 Å². The molecule has 1 aromatic heterocycles. The Kier molecular flexibility index (Phi) is 6.60. The molecular weight excluding hydrogens is 320 g/mol. The molecule has 3 rings (SSSR count). The van der Waals surface area contributed by atoms with Gasteiger partial charge in [-0.05, 0) is 12.1 Å². The van der Waals surface area contributed by atoms with Gasteiger partial charge in [0.1, 0.15) is 5.82 Å². The summed E-state index contributed by atoms with van der Waals surface area (Å²) < 4.78 is 0. The Morgan fingerprint density at radius 2 is 1.96 bits per heavy atom. The van der Waals surface area contributed by atoms with Crippen LogP contribution in [-0.2, 0) is 0 Å². The monoisotopic (exact) mass is 348 g/mol. The fourth-order valence-electron chi connectivity index (χ4n) is 3.17. The van der Waals surface area contributed by atoms with Crippen molar-refractivity contribution in [3.05, 3.63) is 24.4 Å². The highest BCUT2D eigenvalue weighted by atomic mass is 32.2. The zero-order valence-electron chi connectivity index (χ0n) is 14.5. The Morgan fingerprint density at radius 1 is 1.17 bits per heavy atom. The van der Waals surface area contributed by atoms with E-state index in [9.17, 15) is 0 Å². The lowest BCUT2D eigenvalue weighted by molar-refractivity contribution is 0.303. The summed E-state index contributed by atoms with van der Waals surface area (Å²) in [6.45, 7) is 8.45. The quantitative estimate of drug-likeness (QED) is 0.642. The van der Waals surface area contributed by atoms with E-state index in [0.717, 1.165) is 51.0 Å². The van der Waals surface area contributed by atoms with Crippen LogP contribution in [0.5, 0.6) is 0 Å². The largest absolute Gasteiger partial charge is 0.355 e. The molecule has 0 aliphatic carbocycles. The first-order valence-electron chi connectivity index (χ1n) is 8.78. The number of nitrogens with one attached hydrogen (secondary N) is 1. The van der Waals surface area contributed by atoms with Gasteiger partial charge in [-0.25, -0.2) is 4.98 Å². The molecule has 0 spiro atoms. The van der Waals surface area contributed by atoms with Crippen molar-refractivity contribution in [2.75, 3.05) is 75.8 Å². The number of rotatable bonds is 4. The molecule has 2 fully saturated rings. The Balaban J connectivity index is 1.42. The number of nitrogens with zero attached hydrogens (tertiary/aromatic N) is 5. The van der Waals surface area contributed by atoms with Crippen LogP contribution >= 0.6 is 11.8 Å². The van der Waals surface area contributed by atoms with Gasteiger partial charge in [0.15, 0.2) is 5.96 Å². The molecule has 1 N–H and O–H groups in total. The number of anilines is 1. The van der Waals surface area contributed by atoms with Gasteiger partial charge >= 0.3 is 0 Å². The topological polar surface area (TPSA) is 47.0 Å². The maximum absolute atomic E-state index is 4.47. The fourth-order valence-corrected chi connectivity index (χ4v) is 4.15. The van der Waals surface area contributed by atoms with E-state index in [0.29, 0.717) is 0 Å². The van der Waals surface area contributed by atoms with E-state index < -0.39 is 0 Å². The number of pyridine rings is 1. The molecule has 0 aromatic carbocycles. The van der Waals surface area contributed by atoms with E-state index in [1.54, 1.807) is 0 Å². The molecule has 2 aliphatic heterocycles. The van der Waals surface area contributed by atoms with Gasteiger partial charge in [0.25, 0.3) is 0 Å². The zero-order chi connectivity index (χ0) is 16.6. The highest BCUT2D eigenvalue weighted by Gasteiger charge is 2.20. The van der Waals surface area contributed by atoms with Gasteiger partial charge in [-0.2, -0.15) is 11.8 Å². The van der Waals surface area contributed by atoms with Crippen LogP contribution in [0.4, 0.5) is 5.82 Å². The van der Waals surface area contributed by atoms with Gasteiger partial charge in [0.05, 0.1) is 0 Å². The highest BCUT2D eigenvalue weighted by Crippen LogP contribution is 2.12. The molecule has 6 nitrogen and oxygen atoms in total. The van der Waals surface area contributed by atoms with Crippen LogP contribution in [0.15, 0.2) is 29.4 Å². The molecule has 0 bridgehead atoms. The average molecular weight is 349 g/mol. The molecule has 7 heteroatoms. The number of thioether (sulfide) groups is 1. The van der Waals surface area contributed by atoms with Crippen LogP contribution in [0.25, 0.3) is 0 Å². The van der Waals surface area contributed by atoms with Gasteiger partial charge in [0, 0.05) is 77.1 Å². The van der Waals surface area contributed by atoms with Crippen molar-refractivity contribution in [3.8, 4) is 0 Å². The minimum absolute atomic E-state index is 0.970. The molecule has 0 amide bonds. The van der Waals surface area contributed by atoms with E-state index >= 15 is 0 Å². The second-order valence-electron chi connectivity index (χ2n) is 6.09. The van der Waals surface area contributed by atoms with Crippen molar-refractivity contribution in [1.29, 1.82) is 0 Å². The summed E-state index contributed by atoms with van der Waals surface area (Å²) in [7, 11) is 1.88. The average Bonchev–Trinajstić information content (AvgIpc) is 2.67. The molecule has 132 valence electrons. The van der Waals surface area contributed by atoms with Crippen LogP contribution in [0.2, 0.25) is 0 Å². The Morgan fingerprint density at radius 3 is 2.62 bits per heavy atom. The van der Waals surface area contributed by atoms with Crippen molar-refractivity contribution in [2.45, 2.75) is 0 Å². The van der Waals surface area contributed by atoms with Gasteiger partial charge < -0.3 is 15.1 Å². The third kappa shape index (κ3) is 4.77. The van der Waals surface area contributed by atoms with Crippen molar-refractivity contribution >= 4 is 23.5 Å². The molecule has 2 aliphatic rings. The van der Waals surface area contributed by atoms with Crippen LogP contribution < -0.4 is 10.2 Å². The maximum Gasteiger partial charge on any atom is 0.193 e. The molecule has 0 radical (unpaired) electrons. The minimum atomic E-state index is 0.970. The SMILES string of the molecule is CN=C(NCCN1CCSCC1)N1CCN(c2ccccn2)CC1. The van der Waals surface area contributed by atoms with Crippen LogP contribution in [0, 0.1) is 0 Å². The molecule has 0 saturated carbocycles. The molecule has 0 atom stereocenters. The van der Waals surface area contributed by atoms with Crippen LogP contribution in [0.3, 0.4) is 0 Å². The number of hydrogen-bond acceptors (Lipinski definition) is 5. The Bertz CT molecular complexity index is 509. The molecule has 2 saturated heterocycles. The summed E-state index contributed by atoms with van der Waals surface area (Å²) >= 11 is 2.06. The molecular formula is C17H28N6S. The molecule has 3 heterocycles. The van der Waals surface area contributed by atoms with Crippen LogP contribution in [-0.4, -0.2) is 91.7 Å². The normalized spacial score (nSPS) is 20.3. The van der Waals surface area contributed by atoms with E-state index in [-0.39, 0.29) is 0 Å². The summed E-state index contributed by atoms with van der Waals surface area (Å²) in [6.07, 6.45) is 1.86. The van der Waals surface area contributed by atoms with Crippen molar-refractivity contribution in [3.63, 3.8) is 0 Å². The van der Waals surface area contributed by atoms with Crippen molar-refractivity contribution in [2.24, 2.45) is 4.99 Å². The highest BCUT2D eigenvalue weighted by molar-refractivity contribution is 7.99. The number of aromatic nitrogens is 1. The summed E-state index contributed by atoms with van der Waals surface area (Å²) in [6, 6.07) is 6.10. The predicted molar refractivity (Wildman–Crippen MR) is 103 cm³/mol. The molecule has 1 aromatic rings. The van der Waals surface area contributed by atoms with E-state index in [4.69, 9.17) is 0 Å². The standard InChI is InChI=1S/C17H28N6S/c1-18-17(20-6-7-21-12-14-24-15-13-21)23-10-8-22(9-11-23)16-4-2-3-5-19-16/h2-5H,6-15H2,1H3,(H,18,20). The minimum Gasteiger partial charge on any atom is -0.355 e. The summed E-state index contributed by atoms with van der Waals surface area (Å²) in [5.74, 6) is 4.64. The first kappa shape index (κ1) is 17.4. The van der Waals surface area contributed by atoms with E-state index in [1.165, 1.54) is 24.6 Å². The smallest absolute Gasteiger partial charge is 0.193 e. The number of aliphatic imine (C=N–C) groups is 1. The second kappa shape index (κ2) is 9.13. The van der Waals surface area contributed by atoms with Gasteiger partial charge in [-0.1, -0.05) is 6.07 Å².